The highest BCUT2D eigenvalue weighted by atomic mass is 16.5. The molecule has 212 valence electrons. The van der Waals surface area contributed by atoms with Crippen molar-refractivity contribution in [2.75, 3.05) is 14.2 Å². The first-order valence-electron chi connectivity index (χ1n) is 13.2. The Morgan fingerprint density at radius 1 is 0.925 bits per heavy atom. The summed E-state index contributed by atoms with van der Waals surface area (Å²) in [5.41, 5.74) is 1.66. The molecule has 3 aromatic carbocycles. The zero-order valence-corrected chi connectivity index (χ0v) is 23.8. The van der Waals surface area contributed by atoms with Crippen LogP contribution in [0.3, 0.4) is 0 Å². The Morgan fingerprint density at radius 2 is 1.57 bits per heavy atom. The van der Waals surface area contributed by atoms with Gasteiger partial charge in [0, 0.05) is 35.1 Å². The Morgan fingerprint density at radius 3 is 2.17 bits per heavy atom. The Hall–Kier alpha value is -4.20. The molecule has 0 amide bonds. The smallest absolute Gasteiger partial charge is 0.170 e. The van der Waals surface area contributed by atoms with Crippen molar-refractivity contribution in [2.24, 2.45) is 0 Å². The standard InChI is InChI=1S/C32H36O8/c1-17-26(35)21(28(37)24(18(2)33)27(17)36)16-22-29(38-5)20-14-15-32(3,4)40-31(20)25(30(22)39-6)23(34)13-12-19-10-8-7-9-11-19/h7-11,35-37H,12-16H2,1-6H3. The number of phenols is 3. The lowest BCUT2D eigenvalue weighted by molar-refractivity contribution is 0.0786. The van der Waals surface area contributed by atoms with Gasteiger partial charge in [-0.3, -0.25) is 9.59 Å². The maximum Gasteiger partial charge on any atom is 0.170 e. The van der Waals surface area contributed by atoms with E-state index >= 15 is 0 Å². The molecular weight excluding hydrogens is 512 g/mol. The molecule has 1 aliphatic rings. The number of Topliss-reactive ketones (excluding diaryl/α,β-unsaturated/α-hetero) is 2. The van der Waals surface area contributed by atoms with Crippen LogP contribution in [0, 0.1) is 6.92 Å². The van der Waals surface area contributed by atoms with Crippen LogP contribution in [-0.4, -0.2) is 46.7 Å². The highest BCUT2D eigenvalue weighted by Gasteiger charge is 2.37. The fraction of sp³-hybridized carbons (Fsp3) is 0.375. The van der Waals surface area contributed by atoms with Gasteiger partial charge in [0.2, 0.25) is 0 Å². The SMILES string of the molecule is COc1c(Cc2c(O)c(C)c(O)c(C(C)=O)c2O)c(OC)c(C(=O)CCc2ccccc2)c2c1CCC(C)(C)O2. The van der Waals surface area contributed by atoms with Crippen LogP contribution < -0.4 is 14.2 Å². The molecule has 0 radical (unpaired) electrons. The van der Waals surface area contributed by atoms with E-state index in [-0.39, 0.29) is 52.4 Å². The molecule has 0 aromatic heterocycles. The quantitative estimate of drug-likeness (QED) is 0.285. The molecule has 0 atom stereocenters. The molecular formula is C32H36O8. The number of carbonyl (C=O) groups is 2. The van der Waals surface area contributed by atoms with Gasteiger partial charge < -0.3 is 29.5 Å². The molecule has 0 unspecified atom stereocenters. The molecule has 3 N–H and O–H groups in total. The van der Waals surface area contributed by atoms with Crippen LogP contribution in [0.5, 0.6) is 34.5 Å². The van der Waals surface area contributed by atoms with Crippen molar-refractivity contribution >= 4 is 11.6 Å². The number of carbonyl (C=O) groups excluding carboxylic acids is 2. The monoisotopic (exact) mass is 548 g/mol. The van der Waals surface area contributed by atoms with Crippen LogP contribution in [0.2, 0.25) is 0 Å². The van der Waals surface area contributed by atoms with Gasteiger partial charge in [0.25, 0.3) is 0 Å². The summed E-state index contributed by atoms with van der Waals surface area (Å²) < 4.78 is 18.1. The van der Waals surface area contributed by atoms with Crippen LogP contribution in [0.15, 0.2) is 30.3 Å². The molecule has 4 rings (SSSR count). The number of methoxy groups -OCH3 is 2. The molecule has 8 heteroatoms. The number of fused-ring (bicyclic) bond motifs is 1. The van der Waals surface area contributed by atoms with Crippen molar-refractivity contribution in [3.63, 3.8) is 0 Å². The predicted octanol–water partition coefficient (Wildman–Crippen LogP) is 5.84. The molecule has 0 saturated carbocycles. The molecule has 0 bridgehead atoms. The Bertz CT molecular complexity index is 1470. The minimum atomic E-state index is -0.559. The highest BCUT2D eigenvalue weighted by molar-refractivity contribution is 6.03. The fourth-order valence-electron chi connectivity index (χ4n) is 5.38. The van der Waals surface area contributed by atoms with E-state index in [4.69, 9.17) is 14.2 Å². The van der Waals surface area contributed by atoms with Crippen LogP contribution in [0.25, 0.3) is 0 Å². The summed E-state index contributed by atoms with van der Waals surface area (Å²) in [7, 11) is 2.94. The van der Waals surface area contributed by atoms with Crippen molar-refractivity contribution in [3.05, 3.63) is 69.3 Å². The van der Waals surface area contributed by atoms with E-state index in [1.54, 1.807) is 0 Å². The van der Waals surface area contributed by atoms with Crippen molar-refractivity contribution in [1.82, 2.24) is 0 Å². The first kappa shape index (κ1) is 28.8. The van der Waals surface area contributed by atoms with Gasteiger partial charge in [0.1, 0.15) is 51.2 Å². The van der Waals surface area contributed by atoms with Gasteiger partial charge >= 0.3 is 0 Å². The second kappa shape index (κ2) is 11.1. The van der Waals surface area contributed by atoms with Gasteiger partial charge in [0.05, 0.1) is 14.2 Å². The summed E-state index contributed by atoms with van der Waals surface area (Å²) in [6.07, 6.45) is 1.81. The third-order valence-corrected chi connectivity index (χ3v) is 7.54. The third kappa shape index (κ3) is 5.18. The van der Waals surface area contributed by atoms with Crippen LogP contribution in [0.4, 0.5) is 0 Å². The normalized spacial score (nSPS) is 13.8. The maximum absolute atomic E-state index is 13.9. The lowest BCUT2D eigenvalue weighted by Gasteiger charge is -2.36. The van der Waals surface area contributed by atoms with Crippen molar-refractivity contribution in [1.29, 1.82) is 0 Å². The number of aryl methyl sites for hydroxylation is 1. The molecule has 1 heterocycles. The third-order valence-electron chi connectivity index (χ3n) is 7.54. The van der Waals surface area contributed by atoms with E-state index in [0.717, 1.165) is 5.56 Å². The van der Waals surface area contributed by atoms with Crippen LogP contribution in [-0.2, 0) is 19.3 Å². The van der Waals surface area contributed by atoms with Crippen molar-refractivity contribution in [2.45, 2.75) is 65.4 Å². The second-order valence-corrected chi connectivity index (χ2v) is 10.8. The molecule has 0 spiro atoms. The van der Waals surface area contributed by atoms with Gasteiger partial charge in [-0.2, -0.15) is 0 Å². The molecule has 1 aliphatic heterocycles. The van der Waals surface area contributed by atoms with E-state index in [2.05, 4.69) is 0 Å². The average Bonchev–Trinajstić information content (AvgIpc) is 2.92. The van der Waals surface area contributed by atoms with E-state index in [1.165, 1.54) is 28.1 Å². The summed E-state index contributed by atoms with van der Waals surface area (Å²) in [6, 6.07) is 9.69. The summed E-state index contributed by atoms with van der Waals surface area (Å²) in [5, 5.41) is 32.4. The van der Waals surface area contributed by atoms with E-state index in [0.29, 0.717) is 41.9 Å². The number of hydrogen-bond acceptors (Lipinski definition) is 8. The number of hydrogen-bond donors (Lipinski definition) is 3. The summed E-state index contributed by atoms with van der Waals surface area (Å²) in [5.74, 6) is -1.10. The number of ketones is 2. The predicted molar refractivity (Wildman–Crippen MR) is 151 cm³/mol. The van der Waals surface area contributed by atoms with Gasteiger partial charge in [-0.1, -0.05) is 30.3 Å². The molecule has 8 nitrogen and oxygen atoms in total. The minimum Gasteiger partial charge on any atom is -0.507 e. The highest BCUT2D eigenvalue weighted by Crippen LogP contribution is 2.51. The Balaban J connectivity index is 1.94. The van der Waals surface area contributed by atoms with E-state index < -0.39 is 22.9 Å². The number of phenolic OH excluding ortho intramolecular Hbond substituents is 3. The zero-order chi connectivity index (χ0) is 29.4. The molecule has 3 aromatic rings. The molecule has 0 saturated heterocycles. The van der Waals surface area contributed by atoms with E-state index in [1.807, 2.05) is 44.2 Å². The first-order chi connectivity index (χ1) is 18.9. The summed E-state index contributed by atoms with van der Waals surface area (Å²) in [6.45, 7) is 6.59. The van der Waals surface area contributed by atoms with Crippen LogP contribution >= 0.6 is 0 Å². The molecule has 0 aliphatic carbocycles. The average molecular weight is 549 g/mol. The summed E-state index contributed by atoms with van der Waals surface area (Å²) >= 11 is 0. The molecule has 40 heavy (non-hydrogen) atoms. The van der Waals surface area contributed by atoms with Gasteiger partial charge in [-0.25, -0.2) is 0 Å². The summed E-state index contributed by atoms with van der Waals surface area (Å²) in [4.78, 5) is 26.2. The Kier molecular flexibility index (Phi) is 8.00. The van der Waals surface area contributed by atoms with Crippen molar-refractivity contribution < 1.29 is 39.1 Å². The molecule has 0 fully saturated rings. The number of rotatable bonds is 9. The fourth-order valence-corrected chi connectivity index (χ4v) is 5.38. The zero-order valence-electron chi connectivity index (χ0n) is 23.8. The van der Waals surface area contributed by atoms with Gasteiger partial charge in [0.15, 0.2) is 11.6 Å². The van der Waals surface area contributed by atoms with Crippen LogP contribution in [0.1, 0.15) is 82.1 Å². The maximum atomic E-state index is 13.9. The second-order valence-electron chi connectivity index (χ2n) is 10.8. The van der Waals surface area contributed by atoms with Gasteiger partial charge in [-0.15, -0.1) is 0 Å². The first-order valence-corrected chi connectivity index (χ1v) is 13.2. The number of benzene rings is 3. The Labute approximate surface area is 234 Å². The topological polar surface area (TPSA) is 123 Å². The number of aromatic hydroxyl groups is 3. The lowest BCUT2D eigenvalue weighted by atomic mass is 9.85. The van der Waals surface area contributed by atoms with Gasteiger partial charge in [-0.05, 0) is 52.5 Å². The largest absolute Gasteiger partial charge is 0.507 e. The number of ether oxygens (including phenoxy) is 3. The lowest BCUT2D eigenvalue weighted by Crippen LogP contribution is -2.34. The van der Waals surface area contributed by atoms with E-state index in [9.17, 15) is 24.9 Å². The van der Waals surface area contributed by atoms with Crippen molar-refractivity contribution in [3.8, 4) is 34.5 Å². The minimum absolute atomic E-state index is 0.0109.